The van der Waals surface area contributed by atoms with Crippen molar-refractivity contribution in [3.05, 3.63) is 64.6 Å². The van der Waals surface area contributed by atoms with Gasteiger partial charge in [0.25, 0.3) is 5.56 Å². The molecule has 0 fully saturated rings. The van der Waals surface area contributed by atoms with Crippen LogP contribution in [0.2, 0.25) is 0 Å². The molecule has 0 radical (unpaired) electrons. The summed E-state index contributed by atoms with van der Waals surface area (Å²) in [6.07, 6.45) is 2.59. The Hall–Kier alpha value is -1.94. The Kier molecular flexibility index (Phi) is 2.94. The second-order valence-corrected chi connectivity index (χ2v) is 5.10. The maximum atomic E-state index is 12.1. The average Bonchev–Trinajstić information content (AvgIpc) is 2.75. The monoisotopic (exact) mass is 256 g/mol. The van der Waals surface area contributed by atoms with Gasteiger partial charge in [-0.2, -0.15) is 0 Å². The Balaban J connectivity index is 1.87. The van der Waals surface area contributed by atoms with Crippen LogP contribution in [0, 0.1) is 0 Å². The van der Waals surface area contributed by atoms with Crippen molar-refractivity contribution in [2.45, 2.75) is 13.0 Å². The van der Waals surface area contributed by atoms with Crippen LogP contribution in [-0.4, -0.2) is 8.94 Å². The van der Waals surface area contributed by atoms with Crippen molar-refractivity contribution in [3.63, 3.8) is 0 Å². The molecule has 0 bridgehead atoms. The van der Waals surface area contributed by atoms with Gasteiger partial charge in [-0.05, 0) is 35.6 Å². The Morgan fingerprint density at radius 1 is 1.11 bits per heavy atom. The molecule has 0 unspecified atom stereocenters. The lowest BCUT2D eigenvalue weighted by Crippen LogP contribution is -2.14. The molecule has 0 aliphatic rings. The second-order valence-electron chi connectivity index (χ2n) is 4.09. The van der Waals surface area contributed by atoms with E-state index < -0.39 is 0 Å². The number of rotatable bonds is 3. The van der Waals surface area contributed by atoms with E-state index in [0.717, 1.165) is 16.6 Å². The smallest absolute Gasteiger partial charge is 0.268 e. The predicted octanol–water partition coefficient (Wildman–Crippen LogP) is 2.70. The molecule has 18 heavy (non-hydrogen) atoms. The summed E-state index contributed by atoms with van der Waals surface area (Å²) in [5, 5.41) is 0.718. The summed E-state index contributed by atoms with van der Waals surface area (Å²) in [7, 11) is 0. The standard InChI is InChI=1S/C14H12N2OS/c17-14-12-7-4-9-15-13(12)18-16(14)10-8-11-5-2-1-3-6-11/h1-7,9H,8,10H2. The Morgan fingerprint density at radius 3 is 2.72 bits per heavy atom. The van der Waals surface area contributed by atoms with Crippen molar-refractivity contribution in [3.8, 4) is 0 Å². The van der Waals surface area contributed by atoms with Gasteiger partial charge in [0.1, 0.15) is 4.83 Å². The zero-order chi connectivity index (χ0) is 12.4. The van der Waals surface area contributed by atoms with Crippen LogP contribution in [0.25, 0.3) is 10.2 Å². The Labute approximate surface area is 108 Å². The van der Waals surface area contributed by atoms with Crippen LogP contribution < -0.4 is 5.56 Å². The lowest BCUT2D eigenvalue weighted by atomic mass is 10.1. The number of pyridine rings is 1. The summed E-state index contributed by atoms with van der Waals surface area (Å²) >= 11 is 1.44. The van der Waals surface area contributed by atoms with E-state index in [0.29, 0.717) is 6.54 Å². The molecule has 3 rings (SSSR count). The third kappa shape index (κ3) is 2.07. The van der Waals surface area contributed by atoms with E-state index in [9.17, 15) is 4.79 Å². The normalized spacial score (nSPS) is 10.9. The summed E-state index contributed by atoms with van der Waals surface area (Å²) in [6.45, 7) is 0.712. The molecule has 2 aromatic heterocycles. The molecule has 0 atom stereocenters. The molecule has 1 aromatic carbocycles. The van der Waals surface area contributed by atoms with Crippen LogP contribution in [-0.2, 0) is 13.0 Å². The maximum Gasteiger partial charge on any atom is 0.270 e. The zero-order valence-corrected chi connectivity index (χ0v) is 10.6. The van der Waals surface area contributed by atoms with Crippen LogP contribution >= 0.6 is 11.5 Å². The highest BCUT2D eigenvalue weighted by atomic mass is 32.1. The maximum absolute atomic E-state index is 12.1. The van der Waals surface area contributed by atoms with Crippen LogP contribution in [0.1, 0.15) is 5.56 Å². The minimum atomic E-state index is 0.0685. The highest BCUT2D eigenvalue weighted by molar-refractivity contribution is 7.13. The highest BCUT2D eigenvalue weighted by Crippen LogP contribution is 2.13. The van der Waals surface area contributed by atoms with Gasteiger partial charge in [-0.1, -0.05) is 30.3 Å². The van der Waals surface area contributed by atoms with Crippen LogP contribution in [0.4, 0.5) is 0 Å². The first kappa shape index (κ1) is 11.2. The molecule has 3 aromatic rings. The Bertz CT molecular complexity index is 715. The molecule has 0 saturated carbocycles. The minimum Gasteiger partial charge on any atom is -0.268 e. The molecular weight excluding hydrogens is 244 g/mol. The molecule has 0 N–H and O–H groups in total. The SMILES string of the molecule is O=c1c2cccnc2sn1CCc1ccccc1. The van der Waals surface area contributed by atoms with Crippen molar-refractivity contribution in [1.82, 2.24) is 8.94 Å². The van der Waals surface area contributed by atoms with Gasteiger partial charge in [-0.15, -0.1) is 0 Å². The summed E-state index contributed by atoms with van der Waals surface area (Å²) in [5.74, 6) is 0. The largest absolute Gasteiger partial charge is 0.270 e. The van der Waals surface area contributed by atoms with Crippen LogP contribution in [0.15, 0.2) is 53.5 Å². The molecule has 0 aliphatic heterocycles. The third-order valence-electron chi connectivity index (χ3n) is 2.87. The van der Waals surface area contributed by atoms with E-state index in [1.165, 1.54) is 17.1 Å². The van der Waals surface area contributed by atoms with Gasteiger partial charge in [0.15, 0.2) is 0 Å². The van der Waals surface area contributed by atoms with Gasteiger partial charge < -0.3 is 0 Å². The summed E-state index contributed by atoms with van der Waals surface area (Å²) in [4.78, 5) is 17.1. The van der Waals surface area contributed by atoms with Crippen molar-refractivity contribution in [1.29, 1.82) is 0 Å². The fourth-order valence-electron chi connectivity index (χ4n) is 1.93. The van der Waals surface area contributed by atoms with Crippen molar-refractivity contribution >= 4 is 21.7 Å². The average molecular weight is 256 g/mol. The zero-order valence-electron chi connectivity index (χ0n) is 9.74. The first-order valence-corrected chi connectivity index (χ1v) is 6.61. The number of aryl methyl sites for hydroxylation is 2. The van der Waals surface area contributed by atoms with E-state index in [2.05, 4.69) is 17.1 Å². The molecule has 0 aliphatic carbocycles. The first-order chi connectivity index (χ1) is 8.84. The number of nitrogens with zero attached hydrogens (tertiary/aromatic N) is 2. The number of hydrogen-bond donors (Lipinski definition) is 0. The third-order valence-corrected chi connectivity index (χ3v) is 3.94. The molecule has 3 nitrogen and oxygen atoms in total. The fourth-order valence-corrected chi connectivity index (χ4v) is 2.86. The number of hydrogen-bond acceptors (Lipinski definition) is 3. The molecule has 0 saturated heterocycles. The molecule has 2 heterocycles. The molecule has 4 heteroatoms. The summed E-state index contributed by atoms with van der Waals surface area (Å²) < 4.78 is 1.78. The van der Waals surface area contributed by atoms with Gasteiger partial charge in [0, 0.05) is 12.7 Å². The van der Waals surface area contributed by atoms with E-state index >= 15 is 0 Å². The van der Waals surface area contributed by atoms with E-state index in [1.54, 1.807) is 16.2 Å². The van der Waals surface area contributed by atoms with Gasteiger partial charge in [0.05, 0.1) is 5.39 Å². The van der Waals surface area contributed by atoms with E-state index in [1.807, 2.05) is 24.3 Å². The number of fused-ring (bicyclic) bond motifs is 1. The second kappa shape index (κ2) is 4.74. The fraction of sp³-hybridized carbons (Fsp3) is 0.143. The van der Waals surface area contributed by atoms with Gasteiger partial charge in [-0.3, -0.25) is 8.75 Å². The van der Waals surface area contributed by atoms with Crippen molar-refractivity contribution in [2.24, 2.45) is 0 Å². The van der Waals surface area contributed by atoms with Crippen LogP contribution in [0.3, 0.4) is 0 Å². The Morgan fingerprint density at radius 2 is 1.94 bits per heavy atom. The first-order valence-electron chi connectivity index (χ1n) is 5.83. The minimum absolute atomic E-state index is 0.0685. The molecule has 0 amide bonds. The van der Waals surface area contributed by atoms with E-state index in [4.69, 9.17) is 0 Å². The molecule has 0 spiro atoms. The number of benzene rings is 1. The predicted molar refractivity (Wildman–Crippen MR) is 74.0 cm³/mol. The van der Waals surface area contributed by atoms with Crippen molar-refractivity contribution in [2.75, 3.05) is 0 Å². The summed E-state index contributed by atoms with van der Waals surface area (Å²) in [5.41, 5.74) is 1.31. The van der Waals surface area contributed by atoms with Gasteiger partial charge in [0.2, 0.25) is 0 Å². The van der Waals surface area contributed by atoms with E-state index in [-0.39, 0.29) is 5.56 Å². The summed E-state index contributed by atoms with van der Waals surface area (Å²) in [6, 6.07) is 13.8. The van der Waals surface area contributed by atoms with Crippen LogP contribution in [0.5, 0.6) is 0 Å². The lowest BCUT2D eigenvalue weighted by molar-refractivity contribution is 0.736. The topological polar surface area (TPSA) is 34.9 Å². The van der Waals surface area contributed by atoms with Gasteiger partial charge >= 0.3 is 0 Å². The molecular formula is C14H12N2OS. The lowest BCUT2D eigenvalue weighted by Gasteiger charge is -2.00. The highest BCUT2D eigenvalue weighted by Gasteiger charge is 2.07. The molecule has 90 valence electrons. The van der Waals surface area contributed by atoms with Gasteiger partial charge in [-0.25, -0.2) is 4.98 Å². The van der Waals surface area contributed by atoms with Crippen molar-refractivity contribution < 1.29 is 0 Å². The number of aromatic nitrogens is 2. The quantitative estimate of drug-likeness (QED) is 0.722.